The molecular formula is C15H14O3. The van der Waals surface area contributed by atoms with Gasteiger partial charge in [-0.2, -0.15) is 0 Å². The highest BCUT2D eigenvalue weighted by atomic mass is 16.5. The summed E-state index contributed by atoms with van der Waals surface area (Å²) in [6.45, 7) is 0.542. The van der Waals surface area contributed by atoms with Gasteiger partial charge in [0.1, 0.15) is 17.6 Å². The molecule has 3 rings (SSSR count). The van der Waals surface area contributed by atoms with Crippen molar-refractivity contribution in [1.82, 2.24) is 0 Å². The lowest BCUT2D eigenvalue weighted by molar-refractivity contribution is 0.0939. The number of hydrogen-bond donors (Lipinski definition) is 1. The first-order valence-electron chi connectivity index (χ1n) is 5.85. The number of rotatable bonds is 2. The third kappa shape index (κ3) is 1.83. The predicted molar refractivity (Wildman–Crippen MR) is 67.7 cm³/mol. The number of phenols is 1. The van der Waals surface area contributed by atoms with Gasteiger partial charge in [-0.25, -0.2) is 0 Å². The van der Waals surface area contributed by atoms with Crippen LogP contribution in [0.25, 0.3) is 0 Å². The smallest absolute Gasteiger partial charge is 0.118 e. The third-order valence-electron chi connectivity index (χ3n) is 3.23. The second kappa shape index (κ2) is 4.35. The molecule has 1 aliphatic heterocycles. The summed E-state index contributed by atoms with van der Waals surface area (Å²) in [6.07, 6.45) is -0.0495. The Hall–Kier alpha value is -2.00. The average molecular weight is 242 g/mol. The molecule has 3 nitrogen and oxygen atoms in total. The van der Waals surface area contributed by atoms with E-state index in [2.05, 4.69) is 0 Å². The number of hydrogen-bond acceptors (Lipinski definition) is 3. The molecular weight excluding hydrogens is 228 g/mol. The van der Waals surface area contributed by atoms with Crippen molar-refractivity contribution in [3.05, 3.63) is 59.2 Å². The Labute approximate surface area is 106 Å². The van der Waals surface area contributed by atoms with E-state index >= 15 is 0 Å². The van der Waals surface area contributed by atoms with Gasteiger partial charge < -0.3 is 14.6 Å². The van der Waals surface area contributed by atoms with Gasteiger partial charge in [0.15, 0.2) is 0 Å². The summed E-state index contributed by atoms with van der Waals surface area (Å²) < 4.78 is 10.9. The topological polar surface area (TPSA) is 38.7 Å². The van der Waals surface area contributed by atoms with Crippen molar-refractivity contribution in [1.29, 1.82) is 0 Å². The molecule has 0 saturated heterocycles. The molecule has 0 fully saturated rings. The summed E-state index contributed by atoms with van der Waals surface area (Å²) in [7, 11) is 1.65. The maximum absolute atomic E-state index is 9.45. The minimum atomic E-state index is -0.0495. The number of fused-ring (bicyclic) bond motifs is 1. The fourth-order valence-electron chi connectivity index (χ4n) is 2.29. The van der Waals surface area contributed by atoms with Crippen LogP contribution in [0.15, 0.2) is 42.5 Å². The Balaban J connectivity index is 1.95. The predicted octanol–water partition coefficient (Wildman–Crippen LogP) is 3.02. The quantitative estimate of drug-likeness (QED) is 0.879. The molecule has 1 aliphatic rings. The van der Waals surface area contributed by atoms with Gasteiger partial charge in [-0.3, -0.25) is 0 Å². The molecule has 0 aliphatic carbocycles. The number of phenolic OH excluding ortho intramolecular Hbond substituents is 1. The van der Waals surface area contributed by atoms with Gasteiger partial charge in [-0.15, -0.1) is 0 Å². The zero-order valence-corrected chi connectivity index (χ0v) is 10.1. The number of benzene rings is 2. The number of methoxy groups -OCH3 is 1. The van der Waals surface area contributed by atoms with Crippen LogP contribution in [-0.4, -0.2) is 12.2 Å². The Morgan fingerprint density at radius 3 is 2.67 bits per heavy atom. The van der Waals surface area contributed by atoms with Crippen LogP contribution in [0.2, 0.25) is 0 Å². The minimum absolute atomic E-state index is 0.0495. The molecule has 0 amide bonds. The maximum atomic E-state index is 9.45. The third-order valence-corrected chi connectivity index (χ3v) is 3.23. The van der Waals surface area contributed by atoms with Crippen LogP contribution in [-0.2, 0) is 11.3 Å². The fourth-order valence-corrected chi connectivity index (χ4v) is 2.29. The molecule has 1 N–H and O–H groups in total. The molecule has 0 bridgehead atoms. The highest BCUT2D eigenvalue weighted by Gasteiger charge is 2.24. The Morgan fingerprint density at radius 2 is 1.94 bits per heavy atom. The van der Waals surface area contributed by atoms with E-state index in [1.165, 1.54) is 0 Å². The van der Waals surface area contributed by atoms with Gasteiger partial charge in [0, 0.05) is 0 Å². The van der Waals surface area contributed by atoms with E-state index in [0.717, 1.165) is 22.4 Å². The van der Waals surface area contributed by atoms with Crippen molar-refractivity contribution in [2.45, 2.75) is 12.7 Å². The van der Waals surface area contributed by atoms with Crippen LogP contribution < -0.4 is 4.74 Å². The Morgan fingerprint density at radius 1 is 1.17 bits per heavy atom. The van der Waals surface area contributed by atoms with Gasteiger partial charge in [0.2, 0.25) is 0 Å². The molecule has 1 atom stereocenters. The SMILES string of the molecule is COc1ccc(C2OCc3cc(O)ccc32)cc1. The largest absolute Gasteiger partial charge is 0.508 e. The Kier molecular flexibility index (Phi) is 2.68. The minimum Gasteiger partial charge on any atom is -0.508 e. The normalized spacial score (nSPS) is 17.5. The molecule has 18 heavy (non-hydrogen) atoms. The lowest BCUT2D eigenvalue weighted by atomic mass is 9.99. The van der Waals surface area contributed by atoms with Crippen LogP contribution >= 0.6 is 0 Å². The van der Waals surface area contributed by atoms with Crippen molar-refractivity contribution in [3.63, 3.8) is 0 Å². The molecule has 92 valence electrons. The van der Waals surface area contributed by atoms with Crippen LogP contribution in [0.5, 0.6) is 11.5 Å². The van der Waals surface area contributed by atoms with Gasteiger partial charge in [-0.1, -0.05) is 18.2 Å². The van der Waals surface area contributed by atoms with E-state index in [1.54, 1.807) is 19.2 Å². The van der Waals surface area contributed by atoms with E-state index in [9.17, 15) is 5.11 Å². The van der Waals surface area contributed by atoms with E-state index in [1.807, 2.05) is 30.3 Å². The first kappa shape index (κ1) is 11.1. The lowest BCUT2D eigenvalue weighted by Gasteiger charge is -2.12. The molecule has 1 heterocycles. The number of ether oxygens (including phenoxy) is 2. The van der Waals surface area contributed by atoms with Crippen LogP contribution in [0.3, 0.4) is 0 Å². The van der Waals surface area contributed by atoms with Crippen LogP contribution in [0, 0.1) is 0 Å². The van der Waals surface area contributed by atoms with Crippen molar-refractivity contribution in [2.24, 2.45) is 0 Å². The highest BCUT2D eigenvalue weighted by molar-refractivity contribution is 5.43. The zero-order valence-electron chi connectivity index (χ0n) is 10.1. The van der Waals surface area contributed by atoms with Crippen LogP contribution in [0.4, 0.5) is 0 Å². The molecule has 3 heteroatoms. The van der Waals surface area contributed by atoms with Crippen molar-refractivity contribution in [3.8, 4) is 11.5 Å². The summed E-state index contributed by atoms with van der Waals surface area (Å²) >= 11 is 0. The standard InChI is InChI=1S/C15H14O3/c1-17-13-5-2-10(3-6-13)15-14-7-4-12(16)8-11(14)9-18-15/h2-8,15-16H,9H2,1H3. The second-order valence-corrected chi connectivity index (χ2v) is 4.35. The van der Waals surface area contributed by atoms with Crippen molar-refractivity contribution < 1.29 is 14.6 Å². The van der Waals surface area contributed by atoms with Crippen molar-refractivity contribution >= 4 is 0 Å². The van der Waals surface area contributed by atoms with E-state index in [0.29, 0.717) is 6.61 Å². The van der Waals surface area contributed by atoms with Crippen LogP contribution in [0.1, 0.15) is 22.8 Å². The molecule has 0 aromatic heterocycles. The average Bonchev–Trinajstić information content (AvgIpc) is 2.81. The molecule has 1 unspecified atom stereocenters. The molecule has 2 aromatic rings. The second-order valence-electron chi connectivity index (χ2n) is 4.35. The monoisotopic (exact) mass is 242 g/mol. The summed E-state index contributed by atoms with van der Waals surface area (Å²) in [5.41, 5.74) is 3.27. The molecule has 0 saturated carbocycles. The summed E-state index contributed by atoms with van der Waals surface area (Å²) in [5.74, 6) is 1.12. The zero-order chi connectivity index (χ0) is 12.5. The highest BCUT2D eigenvalue weighted by Crippen LogP contribution is 2.37. The lowest BCUT2D eigenvalue weighted by Crippen LogP contribution is -1.98. The van der Waals surface area contributed by atoms with Gasteiger partial charge in [0.25, 0.3) is 0 Å². The first-order chi connectivity index (χ1) is 8.78. The van der Waals surface area contributed by atoms with E-state index in [-0.39, 0.29) is 11.9 Å². The fraction of sp³-hybridized carbons (Fsp3) is 0.200. The van der Waals surface area contributed by atoms with Crippen molar-refractivity contribution in [2.75, 3.05) is 7.11 Å². The summed E-state index contributed by atoms with van der Waals surface area (Å²) in [4.78, 5) is 0. The molecule has 2 aromatic carbocycles. The summed E-state index contributed by atoms with van der Waals surface area (Å²) in [6, 6.07) is 13.3. The van der Waals surface area contributed by atoms with E-state index in [4.69, 9.17) is 9.47 Å². The number of aromatic hydroxyl groups is 1. The maximum Gasteiger partial charge on any atom is 0.118 e. The molecule has 0 spiro atoms. The first-order valence-corrected chi connectivity index (χ1v) is 5.85. The van der Waals surface area contributed by atoms with Gasteiger partial charge in [0.05, 0.1) is 13.7 Å². The van der Waals surface area contributed by atoms with E-state index < -0.39 is 0 Å². The molecule has 0 radical (unpaired) electrons. The summed E-state index contributed by atoms with van der Waals surface area (Å²) in [5, 5.41) is 9.45. The van der Waals surface area contributed by atoms with Gasteiger partial charge >= 0.3 is 0 Å². The van der Waals surface area contributed by atoms with Gasteiger partial charge in [-0.05, 0) is 41.0 Å². The Bertz CT molecular complexity index is 560.